The van der Waals surface area contributed by atoms with E-state index in [0.717, 1.165) is 12.8 Å². The van der Waals surface area contributed by atoms with E-state index >= 15 is 0 Å². The molecule has 1 atom stereocenters. The molecule has 2 amide bonds. The second-order valence-corrected chi connectivity index (χ2v) is 5.45. The number of nitrogens with one attached hydrogen (secondary N) is 1. The first kappa shape index (κ1) is 18.7. The molecule has 0 spiro atoms. The Balaban J connectivity index is 2.38. The Bertz CT molecular complexity index is 515. The van der Waals surface area contributed by atoms with Crippen LogP contribution in [-0.4, -0.2) is 35.8 Å². The normalized spacial score (nSPS) is 11.3. The lowest BCUT2D eigenvalue weighted by Crippen LogP contribution is -2.47. The third-order valence-electron chi connectivity index (χ3n) is 3.47. The number of aryl methyl sites for hydroxylation is 1. The zero-order valence-corrected chi connectivity index (χ0v) is 13.8. The smallest absolute Gasteiger partial charge is 0.245 e. The third-order valence-corrected chi connectivity index (χ3v) is 3.47. The lowest BCUT2D eigenvalue weighted by molar-refractivity contribution is -0.135. The van der Waals surface area contributed by atoms with E-state index in [4.69, 9.17) is 0 Å². The van der Waals surface area contributed by atoms with Crippen molar-refractivity contribution in [2.45, 2.75) is 32.2 Å². The van der Waals surface area contributed by atoms with Gasteiger partial charge in [0.15, 0.2) is 0 Å². The highest BCUT2D eigenvalue weighted by molar-refractivity contribution is 5.87. The summed E-state index contributed by atoms with van der Waals surface area (Å²) in [6.45, 7) is 9.87. The van der Waals surface area contributed by atoms with E-state index in [0.29, 0.717) is 19.5 Å². The SMILES string of the molecule is C=CCN(CC=C)C(=O)C(C)NC(=O)CCCc1ccccc1. The van der Waals surface area contributed by atoms with Crippen molar-refractivity contribution in [1.82, 2.24) is 10.2 Å². The molecule has 4 heteroatoms. The van der Waals surface area contributed by atoms with Crippen LogP contribution in [0.3, 0.4) is 0 Å². The summed E-state index contributed by atoms with van der Waals surface area (Å²) < 4.78 is 0. The molecule has 124 valence electrons. The van der Waals surface area contributed by atoms with Gasteiger partial charge >= 0.3 is 0 Å². The second-order valence-electron chi connectivity index (χ2n) is 5.45. The zero-order chi connectivity index (χ0) is 17.1. The molecule has 0 saturated heterocycles. The van der Waals surface area contributed by atoms with Crippen LogP contribution in [0.5, 0.6) is 0 Å². The molecular formula is C19H26N2O2. The summed E-state index contributed by atoms with van der Waals surface area (Å²) in [5, 5.41) is 2.76. The topological polar surface area (TPSA) is 49.4 Å². The zero-order valence-electron chi connectivity index (χ0n) is 13.8. The van der Waals surface area contributed by atoms with Gasteiger partial charge in [0.1, 0.15) is 6.04 Å². The number of hydrogen-bond donors (Lipinski definition) is 1. The Morgan fingerprint density at radius 1 is 1.17 bits per heavy atom. The predicted molar refractivity (Wildman–Crippen MR) is 94.0 cm³/mol. The van der Waals surface area contributed by atoms with E-state index < -0.39 is 6.04 Å². The molecule has 0 aliphatic rings. The molecule has 0 bridgehead atoms. The summed E-state index contributed by atoms with van der Waals surface area (Å²) in [7, 11) is 0. The van der Waals surface area contributed by atoms with Crippen LogP contribution < -0.4 is 5.32 Å². The van der Waals surface area contributed by atoms with E-state index in [2.05, 4.69) is 18.5 Å². The van der Waals surface area contributed by atoms with Crippen molar-refractivity contribution in [2.24, 2.45) is 0 Å². The molecule has 1 aromatic rings. The molecular weight excluding hydrogens is 288 g/mol. The summed E-state index contributed by atoms with van der Waals surface area (Å²) in [5.74, 6) is -0.222. The van der Waals surface area contributed by atoms with Gasteiger partial charge in [-0.1, -0.05) is 42.5 Å². The van der Waals surface area contributed by atoms with Gasteiger partial charge in [-0.15, -0.1) is 13.2 Å². The van der Waals surface area contributed by atoms with Crippen molar-refractivity contribution in [3.8, 4) is 0 Å². The Morgan fingerprint density at radius 2 is 1.78 bits per heavy atom. The van der Waals surface area contributed by atoms with Crippen LogP contribution in [0.4, 0.5) is 0 Å². The van der Waals surface area contributed by atoms with Gasteiger partial charge in [0.2, 0.25) is 11.8 Å². The molecule has 0 aliphatic carbocycles. The molecule has 0 aromatic heterocycles. The maximum absolute atomic E-state index is 12.3. The van der Waals surface area contributed by atoms with Crippen LogP contribution in [0.25, 0.3) is 0 Å². The lowest BCUT2D eigenvalue weighted by atomic mass is 10.1. The minimum Gasteiger partial charge on any atom is -0.345 e. The molecule has 4 nitrogen and oxygen atoms in total. The summed E-state index contributed by atoms with van der Waals surface area (Å²) in [5.41, 5.74) is 1.22. The van der Waals surface area contributed by atoms with Crippen LogP contribution >= 0.6 is 0 Å². The predicted octanol–water partition coefficient (Wildman–Crippen LogP) is 2.71. The van der Waals surface area contributed by atoms with Gasteiger partial charge < -0.3 is 10.2 Å². The minimum atomic E-state index is -0.542. The average Bonchev–Trinajstić information content (AvgIpc) is 2.55. The maximum atomic E-state index is 12.3. The summed E-state index contributed by atoms with van der Waals surface area (Å²) in [4.78, 5) is 25.8. The highest BCUT2D eigenvalue weighted by atomic mass is 16.2. The van der Waals surface area contributed by atoms with Gasteiger partial charge in [-0.2, -0.15) is 0 Å². The lowest BCUT2D eigenvalue weighted by Gasteiger charge is -2.23. The first-order valence-electron chi connectivity index (χ1n) is 7.92. The van der Waals surface area contributed by atoms with E-state index in [1.54, 1.807) is 24.0 Å². The monoisotopic (exact) mass is 314 g/mol. The van der Waals surface area contributed by atoms with Crippen molar-refractivity contribution >= 4 is 11.8 Å². The Hall–Kier alpha value is -2.36. The molecule has 1 aromatic carbocycles. The van der Waals surface area contributed by atoms with Crippen LogP contribution in [0.1, 0.15) is 25.3 Å². The molecule has 1 rings (SSSR count). The number of nitrogens with zero attached hydrogens (tertiary/aromatic N) is 1. The van der Waals surface area contributed by atoms with Gasteiger partial charge in [-0.05, 0) is 25.3 Å². The number of hydrogen-bond acceptors (Lipinski definition) is 2. The Kier molecular flexibility index (Phi) is 8.43. The van der Waals surface area contributed by atoms with Gasteiger partial charge in [0, 0.05) is 19.5 Å². The highest BCUT2D eigenvalue weighted by Gasteiger charge is 2.20. The first-order valence-corrected chi connectivity index (χ1v) is 7.92. The average molecular weight is 314 g/mol. The fourth-order valence-corrected chi connectivity index (χ4v) is 2.31. The third kappa shape index (κ3) is 6.96. The molecule has 0 fully saturated rings. The number of carbonyl (C=O) groups excluding carboxylic acids is 2. The Morgan fingerprint density at radius 3 is 2.35 bits per heavy atom. The van der Waals surface area contributed by atoms with Crippen LogP contribution in [0.15, 0.2) is 55.6 Å². The highest BCUT2D eigenvalue weighted by Crippen LogP contribution is 2.05. The fourth-order valence-electron chi connectivity index (χ4n) is 2.31. The number of carbonyl (C=O) groups is 2. The van der Waals surface area contributed by atoms with Gasteiger partial charge in [-0.3, -0.25) is 9.59 Å². The quantitative estimate of drug-likeness (QED) is 0.675. The van der Waals surface area contributed by atoms with Crippen molar-refractivity contribution in [3.05, 3.63) is 61.2 Å². The van der Waals surface area contributed by atoms with Crippen molar-refractivity contribution in [3.63, 3.8) is 0 Å². The number of rotatable bonds is 10. The van der Waals surface area contributed by atoms with Crippen molar-refractivity contribution in [2.75, 3.05) is 13.1 Å². The molecule has 0 saturated carbocycles. The summed E-state index contributed by atoms with van der Waals surface area (Å²) in [6.07, 6.45) is 5.36. The molecule has 23 heavy (non-hydrogen) atoms. The van der Waals surface area contributed by atoms with Crippen molar-refractivity contribution < 1.29 is 9.59 Å². The molecule has 1 N–H and O–H groups in total. The van der Waals surface area contributed by atoms with Crippen LogP contribution in [0.2, 0.25) is 0 Å². The van der Waals surface area contributed by atoms with E-state index in [1.165, 1.54) is 5.56 Å². The van der Waals surface area contributed by atoms with E-state index in [-0.39, 0.29) is 11.8 Å². The van der Waals surface area contributed by atoms with Crippen molar-refractivity contribution in [1.29, 1.82) is 0 Å². The molecule has 0 radical (unpaired) electrons. The van der Waals surface area contributed by atoms with Crippen LogP contribution in [-0.2, 0) is 16.0 Å². The first-order chi connectivity index (χ1) is 11.1. The number of benzene rings is 1. The maximum Gasteiger partial charge on any atom is 0.245 e. The summed E-state index contributed by atoms with van der Waals surface area (Å²) in [6, 6.07) is 9.51. The van der Waals surface area contributed by atoms with Gasteiger partial charge in [0.25, 0.3) is 0 Å². The molecule has 0 aliphatic heterocycles. The Labute approximate surface area is 138 Å². The molecule has 0 heterocycles. The largest absolute Gasteiger partial charge is 0.345 e. The minimum absolute atomic E-state index is 0.0982. The molecule has 1 unspecified atom stereocenters. The standard InChI is InChI=1S/C19H26N2O2/c1-4-14-21(15-5-2)19(23)16(3)20-18(22)13-9-12-17-10-7-6-8-11-17/h4-8,10-11,16H,1-2,9,12-15H2,3H3,(H,20,22). The number of amides is 2. The van der Waals surface area contributed by atoms with Gasteiger partial charge in [0.05, 0.1) is 0 Å². The second kappa shape index (κ2) is 10.4. The van der Waals surface area contributed by atoms with Gasteiger partial charge in [-0.25, -0.2) is 0 Å². The van der Waals surface area contributed by atoms with E-state index in [1.807, 2.05) is 30.3 Å². The summed E-state index contributed by atoms with van der Waals surface area (Å²) >= 11 is 0. The van der Waals surface area contributed by atoms with E-state index in [9.17, 15) is 9.59 Å². The van der Waals surface area contributed by atoms with Crippen LogP contribution in [0, 0.1) is 0 Å². The fraction of sp³-hybridized carbons (Fsp3) is 0.368.